The van der Waals surface area contributed by atoms with Crippen LogP contribution in [0.2, 0.25) is 5.02 Å². The van der Waals surface area contributed by atoms with Gasteiger partial charge in [-0.25, -0.2) is 13.2 Å². The van der Waals surface area contributed by atoms with Gasteiger partial charge in [0.05, 0.1) is 23.3 Å². The minimum absolute atomic E-state index is 0.00587. The second kappa shape index (κ2) is 5.92. The van der Waals surface area contributed by atoms with E-state index >= 15 is 0 Å². The molecule has 0 aliphatic carbocycles. The van der Waals surface area contributed by atoms with Gasteiger partial charge in [-0.1, -0.05) is 11.6 Å². The summed E-state index contributed by atoms with van der Waals surface area (Å²) in [4.78, 5) is 10.8. The van der Waals surface area contributed by atoms with E-state index < -0.39 is 16.0 Å². The van der Waals surface area contributed by atoms with E-state index in [-0.39, 0.29) is 40.8 Å². The van der Waals surface area contributed by atoms with Crippen molar-refractivity contribution >= 4 is 27.6 Å². The first kappa shape index (κ1) is 16.2. The van der Waals surface area contributed by atoms with Crippen LogP contribution < -0.4 is 0 Å². The molecule has 2 rings (SSSR count). The smallest absolute Gasteiger partial charge is 0.335 e. The zero-order chi connectivity index (χ0) is 15.8. The number of carboxylic acids is 1. The van der Waals surface area contributed by atoms with Crippen molar-refractivity contribution < 1.29 is 23.1 Å². The fourth-order valence-electron chi connectivity index (χ4n) is 2.17. The Morgan fingerprint density at radius 2 is 2.10 bits per heavy atom. The Bertz CT molecular complexity index is 661. The van der Waals surface area contributed by atoms with Crippen LogP contribution in [0.1, 0.15) is 24.2 Å². The summed E-state index contributed by atoms with van der Waals surface area (Å²) >= 11 is 5.96. The molecule has 1 aliphatic heterocycles. The maximum absolute atomic E-state index is 12.7. The summed E-state index contributed by atoms with van der Waals surface area (Å²) in [6, 6.07) is 3.31. The minimum atomic E-state index is -3.87. The number of carboxylic acid groups (broad SMARTS) is 1. The second-order valence-electron chi connectivity index (χ2n) is 5.02. The molecule has 1 saturated heterocycles. The third kappa shape index (κ3) is 3.21. The quantitative estimate of drug-likeness (QED) is 0.912. The molecule has 2 atom stereocenters. The highest BCUT2D eigenvalue weighted by molar-refractivity contribution is 7.89. The number of nitrogens with zero attached hydrogens (tertiary/aromatic N) is 1. The van der Waals surface area contributed by atoms with Gasteiger partial charge in [-0.15, -0.1) is 0 Å². The van der Waals surface area contributed by atoms with Gasteiger partial charge in [0.15, 0.2) is 0 Å². The van der Waals surface area contributed by atoms with Crippen molar-refractivity contribution in [3.05, 3.63) is 28.8 Å². The molecular formula is C13H16ClNO5S. The summed E-state index contributed by atoms with van der Waals surface area (Å²) in [5.41, 5.74) is -0.119. The monoisotopic (exact) mass is 333 g/mol. The van der Waals surface area contributed by atoms with Gasteiger partial charge in [0.2, 0.25) is 10.0 Å². The normalized spacial score (nSPS) is 24.0. The molecule has 1 heterocycles. The number of aromatic carboxylic acids is 1. The van der Waals surface area contributed by atoms with Crippen molar-refractivity contribution in [2.24, 2.45) is 0 Å². The van der Waals surface area contributed by atoms with Crippen molar-refractivity contribution in [1.29, 1.82) is 0 Å². The number of halogens is 1. The molecule has 0 aromatic heterocycles. The number of morpholine rings is 1. The second-order valence-corrected chi connectivity index (χ2v) is 7.28. The van der Waals surface area contributed by atoms with Crippen LogP contribution in [0.4, 0.5) is 0 Å². The lowest BCUT2D eigenvalue weighted by molar-refractivity contribution is -0.0170. The Kier molecular flexibility index (Phi) is 4.57. The van der Waals surface area contributed by atoms with Crippen LogP contribution in [-0.4, -0.2) is 49.1 Å². The molecule has 0 amide bonds. The fourth-order valence-corrected chi connectivity index (χ4v) is 4.36. The highest BCUT2D eigenvalue weighted by Crippen LogP contribution is 2.28. The summed E-state index contributed by atoms with van der Waals surface area (Å²) in [5, 5.41) is 9.00. The zero-order valence-corrected chi connectivity index (χ0v) is 13.2. The van der Waals surface area contributed by atoms with Gasteiger partial charge < -0.3 is 9.84 Å². The molecule has 0 bridgehead atoms. The maximum Gasteiger partial charge on any atom is 0.335 e. The Morgan fingerprint density at radius 3 is 2.71 bits per heavy atom. The molecule has 6 nitrogen and oxygen atoms in total. The molecular weight excluding hydrogens is 318 g/mol. The van der Waals surface area contributed by atoms with E-state index in [0.717, 1.165) is 6.07 Å². The van der Waals surface area contributed by atoms with Crippen molar-refractivity contribution in [2.45, 2.75) is 30.9 Å². The number of hydrogen-bond acceptors (Lipinski definition) is 4. The largest absolute Gasteiger partial charge is 0.478 e. The highest BCUT2D eigenvalue weighted by atomic mass is 35.5. The first-order valence-corrected chi connectivity index (χ1v) is 8.21. The molecule has 21 heavy (non-hydrogen) atoms. The van der Waals surface area contributed by atoms with E-state index in [1.165, 1.54) is 16.4 Å². The molecule has 2 unspecified atom stereocenters. The van der Waals surface area contributed by atoms with Gasteiger partial charge in [-0.3, -0.25) is 0 Å². The molecule has 1 aliphatic rings. The Hall–Kier alpha value is -1.15. The molecule has 0 saturated carbocycles. The summed E-state index contributed by atoms with van der Waals surface area (Å²) in [7, 11) is -3.87. The fraction of sp³-hybridized carbons (Fsp3) is 0.462. The topological polar surface area (TPSA) is 83.9 Å². The van der Waals surface area contributed by atoms with E-state index in [0.29, 0.717) is 0 Å². The first-order chi connectivity index (χ1) is 9.73. The lowest BCUT2D eigenvalue weighted by Crippen LogP contribution is -2.50. The first-order valence-electron chi connectivity index (χ1n) is 6.39. The van der Waals surface area contributed by atoms with Crippen molar-refractivity contribution in [3.63, 3.8) is 0 Å². The summed E-state index contributed by atoms with van der Waals surface area (Å²) < 4.78 is 32.2. The molecule has 116 valence electrons. The van der Waals surface area contributed by atoms with Gasteiger partial charge >= 0.3 is 5.97 Å². The van der Waals surface area contributed by atoms with Crippen molar-refractivity contribution in [2.75, 3.05) is 13.2 Å². The van der Waals surface area contributed by atoms with Crippen LogP contribution in [0.25, 0.3) is 0 Å². The molecule has 1 N–H and O–H groups in total. The van der Waals surface area contributed by atoms with Crippen molar-refractivity contribution in [3.8, 4) is 0 Å². The third-order valence-electron chi connectivity index (χ3n) is 3.32. The molecule has 0 spiro atoms. The minimum Gasteiger partial charge on any atom is -0.478 e. The SMILES string of the molecule is CC1CN(S(=O)(=O)c2cc(C(=O)O)ccc2Cl)C(C)CO1. The zero-order valence-electron chi connectivity index (χ0n) is 11.6. The highest BCUT2D eigenvalue weighted by Gasteiger charge is 2.35. The predicted molar refractivity (Wildman–Crippen MR) is 77.2 cm³/mol. The Morgan fingerprint density at radius 1 is 1.43 bits per heavy atom. The predicted octanol–water partition coefficient (Wildman–Crippen LogP) is 1.84. The number of hydrogen-bond donors (Lipinski definition) is 1. The van der Waals surface area contributed by atoms with Crippen LogP contribution >= 0.6 is 11.6 Å². The summed E-state index contributed by atoms with van der Waals surface area (Å²) in [6.45, 7) is 4.01. The third-order valence-corrected chi connectivity index (χ3v) is 5.78. The molecule has 1 aromatic carbocycles. The van der Waals surface area contributed by atoms with Gasteiger partial charge in [-0.2, -0.15) is 4.31 Å². The van der Waals surface area contributed by atoms with E-state index in [4.69, 9.17) is 21.4 Å². The standard InChI is InChI=1S/C13H16ClNO5S/c1-8-7-20-9(2)6-15(8)21(18,19)12-5-10(13(16)17)3-4-11(12)14/h3-5,8-9H,6-7H2,1-2H3,(H,16,17). The Labute approximate surface area is 128 Å². The van der Waals surface area contributed by atoms with Gasteiger partial charge in [0.1, 0.15) is 4.90 Å². The van der Waals surface area contributed by atoms with Gasteiger partial charge in [-0.05, 0) is 32.0 Å². The van der Waals surface area contributed by atoms with Crippen LogP contribution in [0.15, 0.2) is 23.1 Å². The van der Waals surface area contributed by atoms with Gasteiger partial charge in [0.25, 0.3) is 0 Å². The number of ether oxygens (including phenoxy) is 1. The van der Waals surface area contributed by atoms with E-state index in [2.05, 4.69) is 0 Å². The molecule has 1 aromatic rings. The van der Waals surface area contributed by atoms with Crippen LogP contribution in [0.3, 0.4) is 0 Å². The van der Waals surface area contributed by atoms with Crippen LogP contribution in [-0.2, 0) is 14.8 Å². The summed E-state index contributed by atoms with van der Waals surface area (Å²) in [5.74, 6) is -1.20. The average molecular weight is 334 g/mol. The number of benzene rings is 1. The van der Waals surface area contributed by atoms with Crippen LogP contribution in [0.5, 0.6) is 0 Å². The Balaban J connectivity index is 2.48. The summed E-state index contributed by atoms with van der Waals surface area (Å²) in [6.07, 6.45) is -0.225. The van der Waals surface area contributed by atoms with E-state index in [9.17, 15) is 13.2 Å². The van der Waals surface area contributed by atoms with E-state index in [1.807, 2.05) is 0 Å². The van der Waals surface area contributed by atoms with E-state index in [1.54, 1.807) is 13.8 Å². The van der Waals surface area contributed by atoms with Crippen LogP contribution in [0, 0.1) is 0 Å². The molecule has 8 heteroatoms. The van der Waals surface area contributed by atoms with Crippen molar-refractivity contribution in [1.82, 2.24) is 4.31 Å². The molecule has 1 fully saturated rings. The number of carbonyl (C=O) groups is 1. The number of rotatable bonds is 3. The molecule has 0 radical (unpaired) electrons. The van der Waals surface area contributed by atoms with Gasteiger partial charge in [0, 0.05) is 12.6 Å². The average Bonchev–Trinajstić information content (AvgIpc) is 2.41. The lowest BCUT2D eigenvalue weighted by atomic mass is 10.2. The maximum atomic E-state index is 12.7. The lowest BCUT2D eigenvalue weighted by Gasteiger charge is -2.35. The number of sulfonamides is 1.